The fraction of sp³-hybridized carbons (Fsp3) is 0.375. The van der Waals surface area contributed by atoms with E-state index < -0.39 is 5.60 Å². The molecule has 234 valence electrons. The van der Waals surface area contributed by atoms with Crippen LogP contribution in [0.5, 0.6) is 5.88 Å². The zero-order valence-corrected chi connectivity index (χ0v) is 26.1. The number of amides is 1. The number of nitrogens with one attached hydrogen (secondary N) is 1. The maximum Gasteiger partial charge on any atom is 0.410 e. The topological polar surface area (TPSA) is 134 Å². The van der Waals surface area contributed by atoms with Gasteiger partial charge in [-0.05, 0) is 52.0 Å². The lowest BCUT2D eigenvalue weighted by Gasteiger charge is -2.38. The summed E-state index contributed by atoms with van der Waals surface area (Å²) in [5.74, 6) is 1.20. The van der Waals surface area contributed by atoms with E-state index in [-0.39, 0.29) is 30.3 Å². The van der Waals surface area contributed by atoms with Crippen LogP contribution in [0.25, 0.3) is 27.8 Å². The van der Waals surface area contributed by atoms with Crippen LogP contribution in [-0.2, 0) is 18.3 Å². The molecule has 0 spiro atoms. The molecule has 2 atom stereocenters. The first-order valence-electron chi connectivity index (χ1n) is 14.9. The maximum atomic E-state index is 13.4. The van der Waals surface area contributed by atoms with Gasteiger partial charge in [0.2, 0.25) is 11.8 Å². The second kappa shape index (κ2) is 11.7. The Morgan fingerprint density at radius 2 is 2.00 bits per heavy atom. The van der Waals surface area contributed by atoms with Crippen LogP contribution in [0.1, 0.15) is 40.5 Å². The average Bonchev–Trinajstić information content (AvgIpc) is 3.48. The van der Waals surface area contributed by atoms with Gasteiger partial charge in [0, 0.05) is 55.8 Å². The number of carbonyl (C=O) groups is 1. The number of ether oxygens (including phenoxy) is 2. The van der Waals surface area contributed by atoms with Gasteiger partial charge in [0.15, 0.2) is 11.5 Å². The van der Waals surface area contributed by atoms with Gasteiger partial charge in [-0.15, -0.1) is 6.58 Å². The van der Waals surface area contributed by atoms with E-state index in [0.717, 1.165) is 16.6 Å². The fourth-order valence-corrected chi connectivity index (χ4v) is 5.57. The van der Waals surface area contributed by atoms with Gasteiger partial charge in [0.25, 0.3) is 5.56 Å². The molecule has 0 radical (unpaired) electrons. The summed E-state index contributed by atoms with van der Waals surface area (Å²) in [7, 11) is 1.89. The van der Waals surface area contributed by atoms with Crippen LogP contribution in [-0.4, -0.2) is 69.4 Å². The maximum absolute atomic E-state index is 13.4. The quantitative estimate of drug-likeness (QED) is 0.253. The number of likely N-dealkylation sites (tertiary alicyclic amines) is 1. The predicted octanol–water partition coefficient (Wildman–Crippen LogP) is 4.96. The highest BCUT2D eigenvalue weighted by molar-refractivity contribution is 5.83. The van der Waals surface area contributed by atoms with Crippen molar-refractivity contribution in [3.63, 3.8) is 0 Å². The summed E-state index contributed by atoms with van der Waals surface area (Å²) < 4.78 is 16.9. The van der Waals surface area contributed by atoms with Crippen molar-refractivity contribution in [2.75, 3.05) is 11.9 Å². The number of anilines is 2. The van der Waals surface area contributed by atoms with E-state index in [4.69, 9.17) is 19.4 Å². The van der Waals surface area contributed by atoms with Crippen molar-refractivity contribution in [1.29, 1.82) is 0 Å². The van der Waals surface area contributed by atoms with Gasteiger partial charge < -0.3 is 19.7 Å². The predicted molar refractivity (Wildman–Crippen MR) is 171 cm³/mol. The molecule has 0 bridgehead atoms. The Kier molecular flexibility index (Phi) is 7.77. The van der Waals surface area contributed by atoms with Gasteiger partial charge in [-0.2, -0.15) is 15.1 Å². The molecular weight excluding hydrogens is 574 g/mol. The Labute approximate surface area is 260 Å². The highest BCUT2D eigenvalue weighted by Crippen LogP contribution is 2.26. The zero-order chi connectivity index (χ0) is 31.9. The van der Waals surface area contributed by atoms with Crippen LogP contribution < -0.4 is 15.6 Å². The minimum absolute atomic E-state index is 0.0607. The van der Waals surface area contributed by atoms with Crippen molar-refractivity contribution in [3.05, 3.63) is 71.8 Å². The number of hydrogen-bond donors (Lipinski definition) is 1. The summed E-state index contributed by atoms with van der Waals surface area (Å²) >= 11 is 0. The molecule has 13 nitrogen and oxygen atoms in total. The molecule has 1 N–H and O–H groups in total. The molecule has 45 heavy (non-hydrogen) atoms. The smallest absolute Gasteiger partial charge is 0.410 e. The molecule has 5 aromatic rings. The molecule has 13 heteroatoms. The molecule has 1 saturated heterocycles. The normalized spacial score (nSPS) is 17.0. The molecule has 1 aromatic carbocycles. The van der Waals surface area contributed by atoms with Crippen LogP contribution in [0.3, 0.4) is 0 Å². The molecule has 6 rings (SSSR count). The number of benzene rings is 1. The molecule has 5 heterocycles. The number of aryl methyl sites for hydroxylation is 1. The van der Waals surface area contributed by atoms with Crippen molar-refractivity contribution in [1.82, 2.24) is 39.0 Å². The summed E-state index contributed by atoms with van der Waals surface area (Å²) in [6.45, 7) is 12.2. The van der Waals surface area contributed by atoms with Crippen molar-refractivity contribution >= 4 is 39.7 Å². The molecular formula is C32H37N9O4. The number of piperidine rings is 1. The lowest BCUT2D eigenvalue weighted by molar-refractivity contribution is -0.00150. The Balaban J connectivity index is 1.27. The third kappa shape index (κ3) is 6.10. The van der Waals surface area contributed by atoms with E-state index in [0.29, 0.717) is 48.1 Å². The van der Waals surface area contributed by atoms with Crippen molar-refractivity contribution in [3.8, 4) is 11.7 Å². The Bertz CT molecular complexity index is 1950. The lowest BCUT2D eigenvalue weighted by atomic mass is 10.0. The van der Waals surface area contributed by atoms with Crippen LogP contribution in [0.4, 0.5) is 16.4 Å². The average molecular weight is 612 g/mol. The van der Waals surface area contributed by atoms with Crippen molar-refractivity contribution in [2.24, 2.45) is 7.05 Å². The van der Waals surface area contributed by atoms with Crippen LogP contribution in [0, 0.1) is 0 Å². The van der Waals surface area contributed by atoms with Gasteiger partial charge in [-0.3, -0.25) is 9.48 Å². The van der Waals surface area contributed by atoms with E-state index in [9.17, 15) is 9.59 Å². The van der Waals surface area contributed by atoms with Gasteiger partial charge in [-0.1, -0.05) is 12.1 Å². The SMILES string of the molecule is C=CCn1c(=O)c2cnc(Nc3ccc4c(cnn4C)c3)nc2n1-c1cccc(O[C@@H]2CCN(C(=O)OC(C)(C)C)[C@@H](C)C2)n1. The van der Waals surface area contributed by atoms with Gasteiger partial charge >= 0.3 is 6.09 Å². The Morgan fingerprint density at radius 3 is 2.76 bits per heavy atom. The third-order valence-corrected chi connectivity index (χ3v) is 7.65. The van der Waals surface area contributed by atoms with E-state index in [1.54, 1.807) is 38.7 Å². The van der Waals surface area contributed by atoms with E-state index in [1.165, 1.54) is 10.9 Å². The first-order chi connectivity index (χ1) is 21.5. The number of nitrogens with zero attached hydrogens (tertiary/aromatic N) is 8. The molecule has 1 aliphatic rings. The second-order valence-corrected chi connectivity index (χ2v) is 12.2. The van der Waals surface area contributed by atoms with Gasteiger partial charge in [-0.25, -0.2) is 19.1 Å². The molecule has 1 fully saturated rings. The molecule has 1 aliphatic heterocycles. The standard InChI is InChI=1S/C32H37N9O4/c1-7-14-40-29(42)24-19-33-30(35-22-11-12-25-21(17-22)18-34-38(25)6)37-28(24)41(40)26-9-8-10-27(36-26)44-23-13-15-39(20(2)16-23)31(43)45-32(3,4)5/h7-12,17-20,23H,1,13-16H2,2-6H3,(H,33,35,37)/t20-,23+/m0/s1. The zero-order valence-electron chi connectivity index (χ0n) is 26.1. The highest BCUT2D eigenvalue weighted by Gasteiger charge is 2.33. The Hall–Kier alpha value is -5.20. The number of allylic oxidation sites excluding steroid dienone is 1. The van der Waals surface area contributed by atoms with Gasteiger partial charge in [0.1, 0.15) is 17.1 Å². The first-order valence-corrected chi connectivity index (χ1v) is 14.9. The number of aromatic nitrogens is 7. The summed E-state index contributed by atoms with van der Waals surface area (Å²) in [5, 5.41) is 8.87. The van der Waals surface area contributed by atoms with Crippen molar-refractivity contribution < 1.29 is 14.3 Å². The molecule has 1 amide bonds. The van der Waals surface area contributed by atoms with Crippen molar-refractivity contribution in [2.45, 2.75) is 64.8 Å². The van der Waals surface area contributed by atoms with Crippen LogP contribution in [0.2, 0.25) is 0 Å². The third-order valence-electron chi connectivity index (χ3n) is 7.65. The number of carbonyl (C=O) groups excluding carboxylic acids is 1. The summed E-state index contributed by atoms with van der Waals surface area (Å²) in [6, 6.07) is 11.2. The fourth-order valence-electron chi connectivity index (χ4n) is 5.57. The lowest BCUT2D eigenvalue weighted by Crippen LogP contribution is -2.49. The monoisotopic (exact) mass is 611 g/mol. The number of rotatable bonds is 7. The summed E-state index contributed by atoms with van der Waals surface area (Å²) in [4.78, 5) is 41.8. The first kappa shape index (κ1) is 29.9. The van der Waals surface area contributed by atoms with Crippen LogP contribution >= 0.6 is 0 Å². The molecule has 4 aromatic heterocycles. The van der Waals surface area contributed by atoms with Gasteiger partial charge in [0.05, 0.1) is 18.3 Å². The summed E-state index contributed by atoms with van der Waals surface area (Å²) in [5.41, 5.74) is 1.37. The number of hydrogen-bond acceptors (Lipinski definition) is 9. The molecule has 0 saturated carbocycles. The van der Waals surface area contributed by atoms with Crippen LogP contribution in [0.15, 0.2) is 66.2 Å². The Morgan fingerprint density at radius 1 is 1.18 bits per heavy atom. The summed E-state index contributed by atoms with van der Waals surface area (Å²) in [6.07, 6.45) is 5.76. The highest BCUT2D eigenvalue weighted by atomic mass is 16.6. The largest absolute Gasteiger partial charge is 0.474 e. The minimum Gasteiger partial charge on any atom is -0.474 e. The number of pyridine rings is 1. The van der Waals surface area contributed by atoms with E-state index >= 15 is 0 Å². The number of fused-ring (bicyclic) bond motifs is 2. The van der Waals surface area contributed by atoms with E-state index in [1.807, 2.05) is 59.0 Å². The minimum atomic E-state index is -0.556. The molecule has 0 unspecified atom stereocenters. The van der Waals surface area contributed by atoms with E-state index in [2.05, 4.69) is 22.0 Å². The molecule has 0 aliphatic carbocycles. The second-order valence-electron chi connectivity index (χ2n) is 12.2.